The molecule has 26 heavy (non-hydrogen) atoms. The van der Waals surface area contributed by atoms with Crippen LogP contribution in [0.1, 0.15) is 10.4 Å². The fraction of sp³-hybridized carbons (Fsp3) is 0. The topological polar surface area (TPSA) is 72.2 Å². The molecule has 0 atom stereocenters. The lowest BCUT2D eigenvalue weighted by molar-refractivity contribution is 0.102. The highest BCUT2D eigenvalue weighted by Crippen LogP contribution is 2.31. The van der Waals surface area contributed by atoms with Crippen molar-refractivity contribution < 1.29 is 4.79 Å². The van der Waals surface area contributed by atoms with Gasteiger partial charge in [-0.1, -0.05) is 23.2 Å². The van der Waals surface area contributed by atoms with Gasteiger partial charge in [0.1, 0.15) is 0 Å². The molecule has 8 heteroatoms. The van der Waals surface area contributed by atoms with Crippen LogP contribution >= 0.6 is 23.2 Å². The summed E-state index contributed by atoms with van der Waals surface area (Å²) in [6.45, 7) is 0. The summed E-state index contributed by atoms with van der Waals surface area (Å²) in [7, 11) is 0. The fourth-order valence-corrected chi connectivity index (χ4v) is 2.95. The summed E-state index contributed by atoms with van der Waals surface area (Å²) in [5, 5.41) is 12.1. The van der Waals surface area contributed by atoms with Crippen LogP contribution < -0.4 is 5.32 Å². The molecule has 0 aliphatic rings. The van der Waals surface area contributed by atoms with Gasteiger partial charge in [0.25, 0.3) is 5.91 Å². The zero-order chi connectivity index (χ0) is 18.1. The zero-order valence-electron chi connectivity index (χ0n) is 13.2. The third kappa shape index (κ3) is 3.00. The molecule has 4 aromatic rings. The van der Waals surface area contributed by atoms with Gasteiger partial charge in [-0.2, -0.15) is 0 Å². The number of carbonyl (C=O) groups excluding carboxylic acids is 1. The predicted molar refractivity (Wildman–Crippen MR) is 101 cm³/mol. The molecule has 3 aromatic heterocycles. The third-order valence-corrected chi connectivity index (χ3v) is 4.40. The van der Waals surface area contributed by atoms with Crippen LogP contribution in [-0.2, 0) is 0 Å². The Morgan fingerprint density at radius 3 is 2.73 bits per heavy atom. The number of anilines is 1. The highest BCUT2D eigenvalue weighted by atomic mass is 35.5. The highest BCUT2D eigenvalue weighted by molar-refractivity contribution is 6.34. The van der Waals surface area contributed by atoms with Crippen molar-refractivity contribution in [3.05, 3.63) is 76.7 Å². The second-order valence-corrected chi connectivity index (χ2v) is 6.28. The zero-order valence-corrected chi connectivity index (χ0v) is 14.7. The van der Waals surface area contributed by atoms with E-state index < -0.39 is 0 Å². The van der Waals surface area contributed by atoms with Crippen LogP contribution in [-0.4, -0.2) is 25.5 Å². The minimum absolute atomic E-state index is 0.263. The minimum Gasteiger partial charge on any atom is -0.322 e. The molecule has 0 bridgehead atoms. The SMILES string of the molecule is O=C(Nc1ccc(Cl)c(-c2nnc3c(Cl)cccn23)c1)c1cccnc1. The molecule has 0 saturated heterocycles. The first-order valence-corrected chi connectivity index (χ1v) is 8.39. The van der Waals surface area contributed by atoms with Crippen molar-refractivity contribution in [3.63, 3.8) is 0 Å². The average molecular weight is 384 g/mol. The summed E-state index contributed by atoms with van der Waals surface area (Å²) in [5.74, 6) is 0.269. The number of hydrogen-bond donors (Lipinski definition) is 1. The maximum absolute atomic E-state index is 12.3. The Morgan fingerprint density at radius 2 is 1.92 bits per heavy atom. The molecule has 6 nitrogen and oxygen atoms in total. The van der Waals surface area contributed by atoms with E-state index in [0.717, 1.165) is 0 Å². The fourth-order valence-electron chi connectivity index (χ4n) is 2.54. The van der Waals surface area contributed by atoms with Crippen LogP contribution in [0.15, 0.2) is 61.1 Å². The van der Waals surface area contributed by atoms with Crippen LogP contribution in [0, 0.1) is 0 Å². The number of halogens is 2. The van der Waals surface area contributed by atoms with Crippen LogP contribution in [0.2, 0.25) is 10.0 Å². The number of benzene rings is 1. The molecule has 0 spiro atoms. The van der Waals surface area contributed by atoms with Gasteiger partial charge in [0.15, 0.2) is 11.5 Å². The second kappa shape index (κ2) is 6.74. The van der Waals surface area contributed by atoms with E-state index in [1.807, 2.05) is 0 Å². The number of pyridine rings is 2. The summed E-state index contributed by atoms with van der Waals surface area (Å²) in [6, 6.07) is 12.1. The van der Waals surface area contributed by atoms with E-state index in [-0.39, 0.29) is 5.91 Å². The Labute approximate surface area is 158 Å². The molecule has 0 saturated carbocycles. The summed E-state index contributed by atoms with van der Waals surface area (Å²) in [4.78, 5) is 16.3. The number of fused-ring (bicyclic) bond motifs is 1. The van der Waals surface area contributed by atoms with E-state index in [1.165, 1.54) is 6.20 Å². The lowest BCUT2D eigenvalue weighted by Gasteiger charge is -2.08. The smallest absolute Gasteiger partial charge is 0.257 e. The molecule has 1 aromatic carbocycles. The van der Waals surface area contributed by atoms with Crippen LogP contribution in [0.4, 0.5) is 5.69 Å². The lowest BCUT2D eigenvalue weighted by atomic mass is 10.1. The van der Waals surface area contributed by atoms with Gasteiger partial charge in [-0.25, -0.2) is 0 Å². The van der Waals surface area contributed by atoms with Gasteiger partial charge in [-0.15, -0.1) is 10.2 Å². The number of nitrogens with zero attached hydrogens (tertiary/aromatic N) is 4. The van der Waals surface area contributed by atoms with Gasteiger partial charge in [0, 0.05) is 29.8 Å². The maximum Gasteiger partial charge on any atom is 0.257 e. The van der Waals surface area contributed by atoms with Gasteiger partial charge in [0.2, 0.25) is 0 Å². The van der Waals surface area contributed by atoms with E-state index >= 15 is 0 Å². The molecular formula is C18H11Cl2N5O. The molecule has 0 radical (unpaired) electrons. The molecule has 4 rings (SSSR count). The molecule has 1 amide bonds. The predicted octanol–water partition coefficient (Wildman–Crippen LogP) is 4.35. The Kier molecular flexibility index (Phi) is 4.28. The molecule has 3 heterocycles. The summed E-state index contributed by atoms with van der Waals surface area (Å²) >= 11 is 12.5. The quantitative estimate of drug-likeness (QED) is 0.570. The Bertz CT molecular complexity index is 1110. The minimum atomic E-state index is -0.263. The van der Waals surface area contributed by atoms with E-state index in [1.54, 1.807) is 59.3 Å². The van der Waals surface area contributed by atoms with Crippen LogP contribution in [0.3, 0.4) is 0 Å². The average Bonchev–Trinajstić information content (AvgIpc) is 3.09. The van der Waals surface area contributed by atoms with Crippen molar-refractivity contribution >= 4 is 40.4 Å². The highest BCUT2D eigenvalue weighted by Gasteiger charge is 2.15. The molecule has 1 N–H and O–H groups in total. The van der Waals surface area contributed by atoms with Gasteiger partial charge in [-0.3, -0.25) is 14.2 Å². The Morgan fingerprint density at radius 1 is 1.04 bits per heavy atom. The molecule has 0 unspecified atom stereocenters. The number of amides is 1. The largest absolute Gasteiger partial charge is 0.322 e. The van der Waals surface area contributed by atoms with Crippen molar-refractivity contribution in [1.29, 1.82) is 0 Å². The van der Waals surface area contributed by atoms with E-state index in [2.05, 4.69) is 20.5 Å². The number of rotatable bonds is 3. The molecule has 0 fully saturated rings. The molecule has 128 valence electrons. The summed E-state index contributed by atoms with van der Waals surface area (Å²) in [6.07, 6.45) is 4.91. The summed E-state index contributed by atoms with van der Waals surface area (Å²) in [5.41, 5.74) is 2.20. The van der Waals surface area contributed by atoms with E-state index in [0.29, 0.717) is 38.3 Å². The molecule has 0 aliphatic heterocycles. The maximum atomic E-state index is 12.3. The van der Waals surface area contributed by atoms with Crippen LogP contribution in [0.5, 0.6) is 0 Å². The van der Waals surface area contributed by atoms with Crippen LogP contribution in [0.25, 0.3) is 17.0 Å². The van der Waals surface area contributed by atoms with Crippen molar-refractivity contribution in [3.8, 4) is 11.4 Å². The van der Waals surface area contributed by atoms with Crippen molar-refractivity contribution in [2.75, 3.05) is 5.32 Å². The first-order chi connectivity index (χ1) is 12.6. The monoisotopic (exact) mass is 383 g/mol. The van der Waals surface area contributed by atoms with Gasteiger partial charge in [-0.05, 0) is 42.5 Å². The first-order valence-electron chi connectivity index (χ1n) is 7.64. The van der Waals surface area contributed by atoms with Gasteiger partial charge >= 0.3 is 0 Å². The second-order valence-electron chi connectivity index (χ2n) is 5.46. The molecule has 0 aliphatic carbocycles. The lowest BCUT2D eigenvalue weighted by Crippen LogP contribution is -2.12. The number of nitrogens with one attached hydrogen (secondary N) is 1. The third-order valence-electron chi connectivity index (χ3n) is 3.78. The van der Waals surface area contributed by atoms with Crippen molar-refractivity contribution in [2.45, 2.75) is 0 Å². The van der Waals surface area contributed by atoms with Crippen molar-refractivity contribution in [1.82, 2.24) is 19.6 Å². The number of carbonyl (C=O) groups is 1. The van der Waals surface area contributed by atoms with Gasteiger partial charge < -0.3 is 5.32 Å². The molecular weight excluding hydrogens is 373 g/mol. The Balaban J connectivity index is 1.73. The van der Waals surface area contributed by atoms with Crippen molar-refractivity contribution in [2.24, 2.45) is 0 Å². The first kappa shape index (κ1) is 16.5. The summed E-state index contributed by atoms with van der Waals surface area (Å²) < 4.78 is 1.75. The standard InChI is InChI=1S/C18H11Cl2N5O/c19-14-6-5-12(22-18(26)11-3-1-7-21-10-11)9-13(14)16-23-24-17-15(20)4-2-8-25(16)17/h1-10H,(H,22,26). The normalized spacial score (nSPS) is 10.8. The number of aromatic nitrogens is 4. The Hall–Kier alpha value is -2.96. The van der Waals surface area contributed by atoms with Gasteiger partial charge in [0.05, 0.1) is 15.6 Å². The van der Waals surface area contributed by atoms with E-state index in [9.17, 15) is 4.79 Å². The number of hydrogen-bond acceptors (Lipinski definition) is 4. The van der Waals surface area contributed by atoms with E-state index in [4.69, 9.17) is 23.2 Å².